The molecule has 0 radical (unpaired) electrons. The van der Waals surface area contributed by atoms with Crippen LogP contribution in [-0.2, 0) is 11.3 Å². The molecule has 1 amide bonds. The van der Waals surface area contributed by atoms with Gasteiger partial charge in [-0.25, -0.2) is 0 Å². The first kappa shape index (κ1) is 9.63. The molecule has 0 bridgehead atoms. The van der Waals surface area contributed by atoms with Crippen molar-refractivity contribution in [3.05, 3.63) is 34.3 Å². The van der Waals surface area contributed by atoms with E-state index >= 15 is 0 Å². The highest BCUT2D eigenvalue weighted by molar-refractivity contribution is 6.31. The zero-order valence-corrected chi connectivity index (χ0v) is 7.64. The van der Waals surface area contributed by atoms with Gasteiger partial charge in [-0.1, -0.05) is 23.6 Å². The van der Waals surface area contributed by atoms with Crippen molar-refractivity contribution in [2.24, 2.45) is 0 Å². The molecule has 1 aromatic rings. The van der Waals surface area contributed by atoms with Crippen LogP contribution >= 0.6 is 11.6 Å². The molecule has 0 unspecified atom stereocenters. The predicted molar refractivity (Wildman–Crippen MR) is 52.3 cm³/mol. The fraction of sp³-hybridized carbons (Fsp3) is 0.100. The van der Waals surface area contributed by atoms with E-state index in [1.807, 2.05) is 6.07 Å². The van der Waals surface area contributed by atoms with Gasteiger partial charge in [0.2, 0.25) is 6.41 Å². The molecule has 3 heteroatoms. The summed E-state index contributed by atoms with van der Waals surface area (Å²) in [6.45, 7) is 0.466. The Labute approximate surface area is 81.9 Å². The van der Waals surface area contributed by atoms with Crippen molar-refractivity contribution >= 4 is 18.0 Å². The molecule has 0 aromatic heterocycles. The van der Waals surface area contributed by atoms with Gasteiger partial charge in [0, 0.05) is 12.1 Å². The molecule has 0 saturated carbocycles. The maximum atomic E-state index is 10.0. The summed E-state index contributed by atoms with van der Waals surface area (Å²) in [5.74, 6) is 2.46. The SMILES string of the molecule is C#Cc1ccc(CNC=O)cc1Cl. The van der Waals surface area contributed by atoms with Crippen molar-refractivity contribution in [2.75, 3.05) is 0 Å². The molecule has 1 aromatic carbocycles. The zero-order valence-electron chi connectivity index (χ0n) is 6.88. The molecule has 0 spiro atoms. The Morgan fingerprint density at radius 3 is 2.92 bits per heavy atom. The number of carbonyl (C=O) groups excluding carboxylic acids is 1. The number of terminal acetylenes is 1. The maximum absolute atomic E-state index is 10.0. The highest BCUT2D eigenvalue weighted by Gasteiger charge is 1.98. The van der Waals surface area contributed by atoms with Crippen LogP contribution in [0.2, 0.25) is 5.02 Å². The standard InChI is InChI=1S/C10H8ClNO/c1-2-9-4-3-8(5-10(9)11)6-12-7-13/h1,3-5,7H,6H2,(H,12,13). The van der Waals surface area contributed by atoms with Crippen LogP contribution in [0.4, 0.5) is 0 Å². The van der Waals surface area contributed by atoms with E-state index in [0.29, 0.717) is 23.5 Å². The number of rotatable bonds is 3. The third-order valence-electron chi connectivity index (χ3n) is 1.58. The molecule has 0 aliphatic carbocycles. The summed E-state index contributed by atoms with van der Waals surface area (Å²) in [5, 5.41) is 3.07. The van der Waals surface area contributed by atoms with Crippen molar-refractivity contribution in [3.8, 4) is 12.3 Å². The van der Waals surface area contributed by atoms with Crippen LogP contribution in [-0.4, -0.2) is 6.41 Å². The average Bonchev–Trinajstić information content (AvgIpc) is 2.15. The van der Waals surface area contributed by atoms with Crippen LogP contribution in [0.25, 0.3) is 0 Å². The van der Waals surface area contributed by atoms with Gasteiger partial charge in [0.15, 0.2) is 0 Å². The van der Waals surface area contributed by atoms with Crippen molar-refractivity contribution in [2.45, 2.75) is 6.54 Å². The molecule has 13 heavy (non-hydrogen) atoms. The first-order valence-electron chi connectivity index (χ1n) is 3.70. The predicted octanol–water partition coefficient (Wildman–Crippen LogP) is 1.57. The smallest absolute Gasteiger partial charge is 0.207 e. The van der Waals surface area contributed by atoms with Crippen LogP contribution in [0.5, 0.6) is 0 Å². The van der Waals surface area contributed by atoms with Gasteiger partial charge in [-0.05, 0) is 17.7 Å². The molecule has 0 heterocycles. The van der Waals surface area contributed by atoms with Gasteiger partial charge in [0.1, 0.15) is 0 Å². The number of carbonyl (C=O) groups is 1. The van der Waals surface area contributed by atoms with Crippen LogP contribution in [0.1, 0.15) is 11.1 Å². The second kappa shape index (κ2) is 4.54. The Hall–Kier alpha value is -1.46. The van der Waals surface area contributed by atoms with Crippen molar-refractivity contribution in [1.82, 2.24) is 5.32 Å². The molecule has 2 nitrogen and oxygen atoms in total. The van der Waals surface area contributed by atoms with Crippen LogP contribution in [0.3, 0.4) is 0 Å². The van der Waals surface area contributed by atoms with Crippen LogP contribution in [0.15, 0.2) is 18.2 Å². The Balaban J connectivity index is 2.84. The van der Waals surface area contributed by atoms with Gasteiger partial charge in [-0.3, -0.25) is 4.79 Å². The Kier molecular flexibility index (Phi) is 3.36. The lowest BCUT2D eigenvalue weighted by Crippen LogP contribution is -2.09. The molecule has 66 valence electrons. The van der Waals surface area contributed by atoms with Crippen LogP contribution < -0.4 is 5.32 Å². The summed E-state index contributed by atoms with van der Waals surface area (Å²) in [7, 11) is 0. The summed E-state index contributed by atoms with van der Waals surface area (Å²) >= 11 is 5.85. The Morgan fingerprint density at radius 2 is 2.38 bits per heavy atom. The van der Waals surface area contributed by atoms with E-state index in [4.69, 9.17) is 18.0 Å². The van der Waals surface area contributed by atoms with E-state index in [2.05, 4.69) is 11.2 Å². The first-order valence-corrected chi connectivity index (χ1v) is 4.08. The minimum absolute atomic E-state index is 0.466. The fourth-order valence-corrected chi connectivity index (χ4v) is 1.20. The second-order valence-electron chi connectivity index (χ2n) is 2.46. The highest BCUT2D eigenvalue weighted by Crippen LogP contribution is 2.16. The number of hydrogen-bond acceptors (Lipinski definition) is 1. The highest BCUT2D eigenvalue weighted by atomic mass is 35.5. The monoisotopic (exact) mass is 193 g/mol. The molecule has 0 atom stereocenters. The molecule has 0 fully saturated rings. The summed E-state index contributed by atoms with van der Waals surface area (Å²) in [6.07, 6.45) is 5.84. The number of amides is 1. The zero-order chi connectivity index (χ0) is 9.68. The minimum Gasteiger partial charge on any atom is -0.355 e. The molecule has 1 N–H and O–H groups in total. The maximum Gasteiger partial charge on any atom is 0.207 e. The van der Waals surface area contributed by atoms with E-state index < -0.39 is 0 Å². The van der Waals surface area contributed by atoms with Gasteiger partial charge in [-0.2, -0.15) is 0 Å². The molecular formula is C10H8ClNO. The second-order valence-corrected chi connectivity index (χ2v) is 2.86. The number of nitrogens with one attached hydrogen (secondary N) is 1. The number of halogens is 1. The molecule has 0 saturated heterocycles. The lowest BCUT2D eigenvalue weighted by atomic mass is 10.1. The third-order valence-corrected chi connectivity index (χ3v) is 1.89. The van der Waals surface area contributed by atoms with Gasteiger partial charge in [0.05, 0.1) is 5.02 Å². The number of benzene rings is 1. The van der Waals surface area contributed by atoms with E-state index in [1.54, 1.807) is 12.1 Å². The first-order chi connectivity index (χ1) is 6.27. The van der Waals surface area contributed by atoms with Crippen molar-refractivity contribution < 1.29 is 4.79 Å². The Bertz CT molecular complexity index is 354. The van der Waals surface area contributed by atoms with Gasteiger partial charge >= 0.3 is 0 Å². The molecule has 1 rings (SSSR count). The minimum atomic E-state index is 0.466. The topological polar surface area (TPSA) is 29.1 Å². The summed E-state index contributed by atoms with van der Waals surface area (Å²) in [5.41, 5.74) is 1.59. The lowest BCUT2D eigenvalue weighted by molar-refractivity contribution is -0.109. The summed E-state index contributed by atoms with van der Waals surface area (Å²) in [6, 6.07) is 5.33. The quantitative estimate of drug-likeness (QED) is 0.573. The van der Waals surface area contributed by atoms with Crippen LogP contribution in [0, 0.1) is 12.3 Å². The largest absolute Gasteiger partial charge is 0.355 e. The van der Waals surface area contributed by atoms with E-state index in [1.165, 1.54) is 0 Å². The van der Waals surface area contributed by atoms with E-state index in [9.17, 15) is 4.79 Å². The van der Waals surface area contributed by atoms with E-state index in [-0.39, 0.29) is 0 Å². The molecule has 0 aliphatic heterocycles. The normalized spacial score (nSPS) is 8.92. The van der Waals surface area contributed by atoms with Crippen molar-refractivity contribution in [3.63, 3.8) is 0 Å². The van der Waals surface area contributed by atoms with Crippen molar-refractivity contribution in [1.29, 1.82) is 0 Å². The van der Waals surface area contributed by atoms with E-state index in [0.717, 1.165) is 5.56 Å². The van der Waals surface area contributed by atoms with Gasteiger partial charge in [0.25, 0.3) is 0 Å². The fourth-order valence-electron chi connectivity index (χ4n) is 0.945. The molecular weight excluding hydrogens is 186 g/mol. The lowest BCUT2D eigenvalue weighted by Gasteiger charge is -2.01. The van der Waals surface area contributed by atoms with Gasteiger partial charge < -0.3 is 5.32 Å². The van der Waals surface area contributed by atoms with Gasteiger partial charge in [-0.15, -0.1) is 6.42 Å². The summed E-state index contributed by atoms with van der Waals surface area (Å²) < 4.78 is 0. The number of hydrogen-bond donors (Lipinski definition) is 1. The third kappa shape index (κ3) is 2.50. The average molecular weight is 194 g/mol. The Morgan fingerprint density at radius 1 is 1.62 bits per heavy atom. The summed E-state index contributed by atoms with van der Waals surface area (Å²) in [4.78, 5) is 10.0. The molecule has 0 aliphatic rings.